The van der Waals surface area contributed by atoms with Crippen LogP contribution in [-0.4, -0.2) is 6.04 Å². The van der Waals surface area contributed by atoms with E-state index in [9.17, 15) is 0 Å². The summed E-state index contributed by atoms with van der Waals surface area (Å²) in [7, 11) is 0. The molecule has 4 aliphatic rings. The van der Waals surface area contributed by atoms with E-state index in [1.807, 2.05) is 0 Å². The Morgan fingerprint density at radius 1 is 0.960 bits per heavy atom. The third-order valence-electron chi connectivity index (χ3n) is 10.3. The van der Waals surface area contributed by atoms with Crippen LogP contribution in [0.1, 0.15) is 91.9 Å². The first kappa shape index (κ1) is 18.3. The second-order valence-corrected chi connectivity index (χ2v) is 10.9. The first-order valence-corrected chi connectivity index (χ1v) is 11.4. The van der Waals surface area contributed by atoms with E-state index in [0.29, 0.717) is 16.9 Å². The Morgan fingerprint density at radius 2 is 1.68 bits per heavy atom. The lowest BCUT2D eigenvalue weighted by Crippen LogP contribution is -2.55. The highest BCUT2D eigenvalue weighted by Crippen LogP contribution is 2.68. The molecule has 0 aromatic carbocycles. The Bertz CT molecular complexity index is 490. The van der Waals surface area contributed by atoms with Gasteiger partial charge in [-0.1, -0.05) is 34.1 Å². The van der Waals surface area contributed by atoms with E-state index >= 15 is 0 Å². The highest BCUT2D eigenvalue weighted by molar-refractivity contribution is 5.09. The Balaban J connectivity index is 1.56. The zero-order chi connectivity index (χ0) is 17.8. The van der Waals surface area contributed by atoms with Gasteiger partial charge in [-0.05, 0) is 104 Å². The normalized spacial score (nSPS) is 53.6. The summed E-state index contributed by atoms with van der Waals surface area (Å²) in [5, 5.41) is 0. The number of fused-ring (bicyclic) bond motifs is 5. The largest absolute Gasteiger partial charge is 0.271 e. The van der Waals surface area contributed by atoms with Gasteiger partial charge in [-0.15, -0.1) is 0 Å². The number of nitrogens with two attached hydrogens (primary N) is 1. The van der Waals surface area contributed by atoms with Crippen molar-refractivity contribution in [3.05, 3.63) is 0 Å². The molecule has 9 atom stereocenters. The minimum atomic E-state index is 0.574. The molecule has 144 valence electrons. The zero-order valence-electron chi connectivity index (χ0n) is 17.2. The monoisotopic (exact) mass is 346 g/mol. The van der Waals surface area contributed by atoms with Crippen molar-refractivity contribution in [2.24, 2.45) is 52.2 Å². The fourth-order valence-corrected chi connectivity index (χ4v) is 8.67. The van der Waals surface area contributed by atoms with Crippen LogP contribution >= 0.6 is 0 Å². The summed E-state index contributed by atoms with van der Waals surface area (Å²) in [5.74, 6) is 11.7. The van der Waals surface area contributed by atoms with Crippen LogP contribution in [0.25, 0.3) is 0 Å². The van der Waals surface area contributed by atoms with Crippen molar-refractivity contribution < 1.29 is 0 Å². The molecule has 0 aromatic heterocycles. The summed E-state index contributed by atoms with van der Waals surface area (Å²) in [6, 6.07) is 0.574. The van der Waals surface area contributed by atoms with Gasteiger partial charge in [0, 0.05) is 6.04 Å². The minimum Gasteiger partial charge on any atom is -0.271 e. The summed E-state index contributed by atoms with van der Waals surface area (Å²) in [4.78, 5) is 0. The summed E-state index contributed by atoms with van der Waals surface area (Å²) < 4.78 is 0. The lowest BCUT2D eigenvalue weighted by atomic mass is 9.44. The van der Waals surface area contributed by atoms with Gasteiger partial charge in [0.25, 0.3) is 0 Å². The average Bonchev–Trinajstić information content (AvgIpc) is 2.97. The van der Waals surface area contributed by atoms with E-state index < -0.39 is 0 Å². The predicted octanol–water partition coefficient (Wildman–Crippen LogP) is 5.52. The zero-order valence-corrected chi connectivity index (χ0v) is 17.2. The summed E-state index contributed by atoms with van der Waals surface area (Å²) in [5.41, 5.74) is 4.35. The number of hydrogen-bond donors (Lipinski definition) is 2. The van der Waals surface area contributed by atoms with Crippen molar-refractivity contribution in [1.29, 1.82) is 0 Å². The maximum Gasteiger partial charge on any atom is 0.0213 e. The maximum atomic E-state index is 5.79. The SMILES string of the molecule is CCC(C)C1CCC2C3CCC4CC(NN)CCC4(C)C3CCC12C. The first-order chi connectivity index (χ1) is 11.9. The molecule has 4 saturated carbocycles. The van der Waals surface area contributed by atoms with Crippen LogP contribution in [-0.2, 0) is 0 Å². The Hall–Kier alpha value is -0.0800. The average molecular weight is 347 g/mol. The Kier molecular flexibility index (Phi) is 4.77. The molecular weight excluding hydrogens is 304 g/mol. The van der Waals surface area contributed by atoms with Crippen LogP contribution < -0.4 is 11.3 Å². The molecule has 0 saturated heterocycles. The third kappa shape index (κ3) is 2.64. The Labute approximate surface area is 156 Å². The van der Waals surface area contributed by atoms with Gasteiger partial charge < -0.3 is 0 Å². The third-order valence-corrected chi connectivity index (χ3v) is 10.3. The molecule has 0 heterocycles. The molecule has 0 aromatic rings. The summed E-state index contributed by atoms with van der Waals surface area (Å²) in [6.45, 7) is 10.3. The van der Waals surface area contributed by atoms with Gasteiger partial charge in [0.1, 0.15) is 0 Å². The molecule has 4 fully saturated rings. The van der Waals surface area contributed by atoms with Crippen LogP contribution in [0.2, 0.25) is 0 Å². The summed E-state index contributed by atoms with van der Waals surface area (Å²) in [6.07, 6.45) is 14.4. The fraction of sp³-hybridized carbons (Fsp3) is 1.00. The van der Waals surface area contributed by atoms with Gasteiger partial charge in [0.2, 0.25) is 0 Å². The van der Waals surface area contributed by atoms with E-state index in [1.54, 1.807) is 0 Å². The van der Waals surface area contributed by atoms with Crippen molar-refractivity contribution in [3.8, 4) is 0 Å². The molecule has 0 bridgehead atoms. The van der Waals surface area contributed by atoms with Crippen LogP contribution in [0, 0.1) is 46.3 Å². The van der Waals surface area contributed by atoms with Crippen LogP contribution in [0.3, 0.4) is 0 Å². The second kappa shape index (κ2) is 6.51. The van der Waals surface area contributed by atoms with Crippen molar-refractivity contribution >= 4 is 0 Å². The fourth-order valence-electron chi connectivity index (χ4n) is 8.67. The molecule has 2 heteroatoms. The van der Waals surface area contributed by atoms with E-state index in [1.165, 1.54) is 64.2 Å². The van der Waals surface area contributed by atoms with Crippen molar-refractivity contribution in [2.75, 3.05) is 0 Å². The quantitative estimate of drug-likeness (QED) is 0.521. The van der Waals surface area contributed by atoms with Crippen LogP contribution in [0.15, 0.2) is 0 Å². The molecule has 0 amide bonds. The smallest absolute Gasteiger partial charge is 0.0213 e. The van der Waals surface area contributed by atoms with E-state index in [4.69, 9.17) is 5.84 Å². The lowest BCUT2D eigenvalue weighted by molar-refractivity contribution is -0.117. The number of nitrogens with one attached hydrogen (secondary N) is 1. The molecule has 9 unspecified atom stereocenters. The second-order valence-electron chi connectivity index (χ2n) is 10.9. The number of hydrazine groups is 1. The van der Waals surface area contributed by atoms with Crippen LogP contribution in [0.5, 0.6) is 0 Å². The number of hydrogen-bond acceptors (Lipinski definition) is 2. The van der Waals surface area contributed by atoms with Gasteiger partial charge in [-0.3, -0.25) is 11.3 Å². The minimum absolute atomic E-state index is 0.574. The van der Waals surface area contributed by atoms with E-state index in [2.05, 4.69) is 33.1 Å². The van der Waals surface area contributed by atoms with Crippen molar-refractivity contribution in [2.45, 2.75) is 97.9 Å². The number of rotatable bonds is 3. The predicted molar refractivity (Wildman–Crippen MR) is 106 cm³/mol. The highest BCUT2D eigenvalue weighted by atomic mass is 15.2. The van der Waals surface area contributed by atoms with Crippen molar-refractivity contribution in [1.82, 2.24) is 5.43 Å². The molecule has 25 heavy (non-hydrogen) atoms. The van der Waals surface area contributed by atoms with Gasteiger partial charge in [0.15, 0.2) is 0 Å². The molecule has 3 N–H and O–H groups in total. The molecule has 0 radical (unpaired) electrons. The molecule has 4 rings (SSSR count). The van der Waals surface area contributed by atoms with Gasteiger partial charge in [-0.2, -0.15) is 0 Å². The van der Waals surface area contributed by atoms with Gasteiger partial charge in [0.05, 0.1) is 0 Å². The molecular formula is C23H42N2. The molecule has 2 nitrogen and oxygen atoms in total. The molecule has 0 aliphatic heterocycles. The highest BCUT2D eigenvalue weighted by Gasteiger charge is 2.60. The van der Waals surface area contributed by atoms with Gasteiger partial charge >= 0.3 is 0 Å². The van der Waals surface area contributed by atoms with Crippen LogP contribution in [0.4, 0.5) is 0 Å². The maximum absolute atomic E-state index is 5.79. The van der Waals surface area contributed by atoms with E-state index in [-0.39, 0.29) is 0 Å². The first-order valence-electron chi connectivity index (χ1n) is 11.4. The van der Waals surface area contributed by atoms with Gasteiger partial charge in [-0.25, -0.2) is 0 Å². The lowest BCUT2D eigenvalue weighted by Gasteiger charge is -2.61. The standard InChI is InChI=1S/C23H42N2/c1-5-15(2)19-8-9-20-18-7-6-16-14-17(25-24)10-12-22(16,3)21(18)11-13-23(19,20)4/h15-21,25H,5-14,24H2,1-4H3. The van der Waals surface area contributed by atoms with E-state index in [0.717, 1.165) is 35.5 Å². The van der Waals surface area contributed by atoms with Crippen molar-refractivity contribution in [3.63, 3.8) is 0 Å². The Morgan fingerprint density at radius 3 is 2.40 bits per heavy atom. The topological polar surface area (TPSA) is 38.0 Å². The summed E-state index contributed by atoms with van der Waals surface area (Å²) >= 11 is 0. The molecule has 4 aliphatic carbocycles. The molecule has 0 spiro atoms.